The van der Waals surface area contributed by atoms with Gasteiger partial charge >= 0.3 is 0 Å². The van der Waals surface area contributed by atoms with Gasteiger partial charge in [-0.1, -0.05) is 19.3 Å². The lowest BCUT2D eigenvalue weighted by Gasteiger charge is -2.54. The van der Waals surface area contributed by atoms with Gasteiger partial charge in [-0.25, -0.2) is 0 Å². The van der Waals surface area contributed by atoms with Crippen molar-refractivity contribution in [2.24, 2.45) is 0 Å². The van der Waals surface area contributed by atoms with E-state index in [1.54, 1.807) is 7.11 Å². The number of ether oxygens (including phenoxy) is 2. The van der Waals surface area contributed by atoms with Gasteiger partial charge in [0.05, 0.1) is 6.61 Å². The number of methoxy groups -OCH3 is 1. The van der Waals surface area contributed by atoms with Crippen molar-refractivity contribution in [2.75, 3.05) is 46.6 Å². The summed E-state index contributed by atoms with van der Waals surface area (Å²) in [7, 11) is 1.75. The highest BCUT2D eigenvalue weighted by Gasteiger charge is 2.44. The normalized spacial score (nSPS) is 25.3. The van der Waals surface area contributed by atoms with Crippen LogP contribution in [0.1, 0.15) is 52.4 Å². The van der Waals surface area contributed by atoms with Gasteiger partial charge in [-0.05, 0) is 33.1 Å². The molecule has 0 atom stereocenters. The van der Waals surface area contributed by atoms with E-state index < -0.39 is 0 Å². The summed E-state index contributed by atoms with van der Waals surface area (Å²) in [4.78, 5) is 2.72. The van der Waals surface area contributed by atoms with Gasteiger partial charge < -0.3 is 14.8 Å². The molecule has 1 N–H and O–H groups in total. The van der Waals surface area contributed by atoms with Gasteiger partial charge in [0, 0.05) is 51.0 Å². The Balaban J connectivity index is 1.82. The minimum absolute atomic E-state index is 0.221. The van der Waals surface area contributed by atoms with Crippen LogP contribution in [-0.2, 0) is 9.47 Å². The molecule has 1 spiro atoms. The lowest BCUT2D eigenvalue weighted by molar-refractivity contribution is -0.0285. The predicted octanol–water partition coefficient (Wildman–Crippen LogP) is 2.43. The molecule has 0 aromatic carbocycles. The largest absolute Gasteiger partial charge is 0.385 e. The molecule has 0 radical (unpaired) electrons. The molecule has 0 bridgehead atoms. The summed E-state index contributed by atoms with van der Waals surface area (Å²) >= 11 is 0. The summed E-state index contributed by atoms with van der Waals surface area (Å²) in [5, 5.41) is 3.77. The third-order valence-electron chi connectivity index (χ3n) is 5.08. The fourth-order valence-electron chi connectivity index (χ4n) is 3.82. The van der Waals surface area contributed by atoms with Crippen LogP contribution in [0.3, 0.4) is 0 Å². The van der Waals surface area contributed by atoms with Crippen LogP contribution in [0, 0.1) is 0 Å². The van der Waals surface area contributed by atoms with Crippen LogP contribution in [0.15, 0.2) is 0 Å². The second-order valence-corrected chi connectivity index (χ2v) is 7.40. The minimum atomic E-state index is 0.221. The van der Waals surface area contributed by atoms with Crippen molar-refractivity contribution >= 4 is 0 Å². The number of hydrogen-bond acceptors (Lipinski definition) is 4. The van der Waals surface area contributed by atoms with Crippen molar-refractivity contribution in [3.63, 3.8) is 0 Å². The fourth-order valence-corrected chi connectivity index (χ4v) is 3.82. The molecule has 0 aromatic rings. The molecule has 1 aliphatic heterocycles. The lowest BCUT2D eigenvalue weighted by Crippen LogP contribution is -2.69. The van der Waals surface area contributed by atoms with E-state index in [4.69, 9.17) is 9.47 Å². The van der Waals surface area contributed by atoms with E-state index in [0.717, 1.165) is 45.9 Å². The van der Waals surface area contributed by atoms with Crippen LogP contribution in [0.5, 0.6) is 0 Å². The van der Waals surface area contributed by atoms with Crippen LogP contribution in [0.25, 0.3) is 0 Å². The highest BCUT2D eigenvalue weighted by Crippen LogP contribution is 2.36. The Labute approximate surface area is 130 Å². The molecule has 1 saturated heterocycles. The number of piperazine rings is 1. The van der Waals surface area contributed by atoms with E-state index in [0.29, 0.717) is 5.54 Å². The Morgan fingerprint density at radius 1 is 1.05 bits per heavy atom. The lowest BCUT2D eigenvalue weighted by atomic mass is 9.77. The van der Waals surface area contributed by atoms with Gasteiger partial charge in [-0.3, -0.25) is 4.90 Å². The first-order valence-electron chi connectivity index (χ1n) is 8.65. The number of nitrogens with zero attached hydrogens (tertiary/aromatic N) is 1. The molecule has 0 unspecified atom stereocenters. The molecule has 0 amide bonds. The molecular weight excluding hydrogens is 264 g/mol. The average molecular weight is 298 g/mol. The van der Waals surface area contributed by atoms with Crippen LogP contribution >= 0.6 is 0 Å². The number of nitrogens with one attached hydrogen (secondary N) is 1. The van der Waals surface area contributed by atoms with Gasteiger partial charge in [-0.2, -0.15) is 0 Å². The Morgan fingerprint density at radius 2 is 1.81 bits per heavy atom. The predicted molar refractivity (Wildman–Crippen MR) is 86.8 cm³/mol. The van der Waals surface area contributed by atoms with Gasteiger partial charge in [0.2, 0.25) is 0 Å². The zero-order chi connectivity index (χ0) is 15.2. The number of rotatable bonds is 7. The summed E-state index contributed by atoms with van der Waals surface area (Å²) < 4.78 is 10.9. The van der Waals surface area contributed by atoms with Crippen molar-refractivity contribution in [3.8, 4) is 0 Å². The monoisotopic (exact) mass is 298 g/mol. The van der Waals surface area contributed by atoms with E-state index in [9.17, 15) is 0 Å². The van der Waals surface area contributed by atoms with Gasteiger partial charge in [0.25, 0.3) is 0 Å². The molecule has 2 aliphatic rings. The van der Waals surface area contributed by atoms with E-state index in [1.807, 2.05) is 0 Å². The zero-order valence-corrected chi connectivity index (χ0v) is 14.2. The topological polar surface area (TPSA) is 33.7 Å². The Hall–Kier alpha value is -0.160. The SMILES string of the molecule is COCCCOCCN1CC(C)(C)NCC12CCCCC2. The first kappa shape index (κ1) is 17.2. The first-order valence-corrected chi connectivity index (χ1v) is 8.65. The van der Waals surface area contributed by atoms with E-state index in [2.05, 4.69) is 24.1 Å². The summed E-state index contributed by atoms with van der Waals surface area (Å²) in [6.45, 7) is 10.4. The van der Waals surface area contributed by atoms with Crippen molar-refractivity contribution in [2.45, 2.75) is 63.5 Å². The smallest absolute Gasteiger partial charge is 0.0593 e. The van der Waals surface area contributed by atoms with Gasteiger partial charge in [0.1, 0.15) is 0 Å². The Morgan fingerprint density at radius 3 is 2.52 bits per heavy atom. The maximum absolute atomic E-state index is 5.80. The second-order valence-electron chi connectivity index (χ2n) is 7.40. The maximum Gasteiger partial charge on any atom is 0.0593 e. The third-order valence-corrected chi connectivity index (χ3v) is 5.08. The number of hydrogen-bond donors (Lipinski definition) is 1. The molecule has 21 heavy (non-hydrogen) atoms. The molecule has 0 aromatic heterocycles. The molecule has 2 rings (SSSR count). The summed E-state index contributed by atoms with van der Waals surface area (Å²) in [6, 6.07) is 0. The van der Waals surface area contributed by atoms with Crippen LogP contribution in [0.2, 0.25) is 0 Å². The molecule has 4 nitrogen and oxygen atoms in total. The zero-order valence-electron chi connectivity index (χ0n) is 14.2. The van der Waals surface area contributed by atoms with E-state index >= 15 is 0 Å². The Kier molecular flexibility index (Phi) is 6.48. The molecule has 4 heteroatoms. The van der Waals surface area contributed by atoms with Gasteiger partial charge in [-0.15, -0.1) is 0 Å². The highest BCUT2D eigenvalue weighted by atomic mass is 16.5. The fraction of sp³-hybridized carbons (Fsp3) is 1.00. The van der Waals surface area contributed by atoms with E-state index in [-0.39, 0.29) is 5.54 Å². The van der Waals surface area contributed by atoms with Crippen LogP contribution in [-0.4, -0.2) is 62.5 Å². The van der Waals surface area contributed by atoms with Crippen LogP contribution in [0.4, 0.5) is 0 Å². The third kappa shape index (κ3) is 4.92. The molecule has 124 valence electrons. The maximum atomic E-state index is 5.80. The minimum Gasteiger partial charge on any atom is -0.385 e. The molecule has 1 heterocycles. The molecular formula is C17H34N2O2. The van der Waals surface area contributed by atoms with Crippen molar-refractivity contribution in [3.05, 3.63) is 0 Å². The summed E-state index contributed by atoms with van der Waals surface area (Å²) in [5.74, 6) is 0. The molecule has 2 fully saturated rings. The standard InChI is InChI=1S/C17H34N2O2/c1-16(2)15-19(10-13-21-12-7-11-20-3)17(14-18-16)8-5-4-6-9-17/h18H,4-15H2,1-3H3. The van der Waals surface area contributed by atoms with Crippen molar-refractivity contribution < 1.29 is 9.47 Å². The van der Waals surface area contributed by atoms with E-state index in [1.165, 1.54) is 32.1 Å². The summed E-state index contributed by atoms with van der Waals surface area (Å²) in [6.07, 6.45) is 7.86. The quantitative estimate of drug-likeness (QED) is 0.732. The molecule has 1 saturated carbocycles. The first-order chi connectivity index (χ1) is 10.1. The van der Waals surface area contributed by atoms with Crippen molar-refractivity contribution in [1.82, 2.24) is 10.2 Å². The van der Waals surface area contributed by atoms with Crippen molar-refractivity contribution in [1.29, 1.82) is 0 Å². The van der Waals surface area contributed by atoms with Crippen LogP contribution < -0.4 is 5.32 Å². The Bertz CT molecular complexity index is 301. The second kappa shape index (κ2) is 7.91. The average Bonchev–Trinajstić information content (AvgIpc) is 2.47. The molecule has 1 aliphatic carbocycles. The van der Waals surface area contributed by atoms with Gasteiger partial charge in [0.15, 0.2) is 0 Å². The highest BCUT2D eigenvalue weighted by molar-refractivity contribution is 5.03. The summed E-state index contributed by atoms with van der Waals surface area (Å²) in [5.41, 5.74) is 0.613.